The first-order valence-electron chi connectivity index (χ1n) is 9.46. The highest BCUT2D eigenvalue weighted by Crippen LogP contribution is 2.31. The number of benzene rings is 2. The van der Waals surface area contributed by atoms with Crippen LogP contribution in [0.3, 0.4) is 0 Å². The van der Waals surface area contributed by atoms with E-state index in [-0.39, 0.29) is 27.7 Å². The molecule has 0 radical (unpaired) electrons. The number of rotatable bonds is 7. The molecule has 0 aliphatic heterocycles. The van der Waals surface area contributed by atoms with E-state index in [1.165, 1.54) is 38.3 Å². The van der Waals surface area contributed by atoms with Gasteiger partial charge in [0.15, 0.2) is 5.69 Å². The second-order valence-corrected chi connectivity index (χ2v) is 8.74. The Morgan fingerprint density at radius 1 is 1.09 bits per heavy atom. The van der Waals surface area contributed by atoms with Crippen LogP contribution in [0.2, 0.25) is 0 Å². The maximum atomic E-state index is 13.1. The summed E-state index contributed by atoms with van der Waals surface area (Å²) in [4.78, 5) is 12.3. The number of halogens is 2. The number of aryl methyl sites for hydroxylation is 3. The Kier molecular flexibility index (Phi) is 6.49. The number of nitrogens with one attached hydrogen (secondary N) is 2. The molecule has 1 heterocycles. The van der Waals surface area contributed by atoms with Crippen molar-refractivity contribution in [2.24, 2.45) is 0 Å². The van der Waals surface area contributed by atoms with Gasteiger partial charge in [-0.2, -0.15) is 13.9 Å². The molecule has 3 rings (SSSR count). The molecular weight excluding hydrogens is 442 g/mol. The van der Waals surface area contributed by atoms with Crippen molar-refractivity contribution in [3.05, 3.63) is 65.0 Å². The Hall–Kier alpha value is -3.47. The molecule has 2 N–H and O–H groups in total. The monoisotopic (exact) mass is 464 g/mol. The maximum Gasteiger partial charge on any atom is 0.333 e. The third kappa shape index (κ3) is 4.72. The molecule has 1 aromatic heterocycles. The Labute approximate surface area is 184 Å². The summed E-state index contributed by atoms with van der Waals surface area (Å²) >= 11 is 0. The molecule has 0 aliphatic rings. The van der Waals surface area contributed by atoms with Crippen molar-refractivity contribution in [2.45, 2.75) is 32.2 Å². The number of alkyl halides is 2. The molecule has 0 unspecified atom stereocenters. The molecule has 0 saturated carbocycles. The molecule has 0 bridgehead atoms. The van der Waals surface area contributed by atoms with Crippen LogP contribution in [0.5, 0.6) is 5.75 Å². The van der Waals surface area contributed by atoms with Crippen molar-refractivity contribution in [1.82, 2.24) is 9.78 Å². The van der Waals surface area contributed by atoms with E-state index >= 15 is 0 Å². The van der Waals surface area contributed by atoms with Crippen LogP contribution in [0.4, 0.5) is 20.2 Å². The zero-order chi connectivity index (χ0) is 23.6. The lowest BCUT2D eigenvalue weighted by molar-refractivity contribution is 0.0540. The maximum absolute atomic E-state index is 13.1. The molecule has 0 saturated heterocycles. The highest BCUT2D eigenvalue weighted by Gasteiger charge is 2.23. The van der Waals surface area contributed by atoms with E-state index in [2.05, 4.69) is 15.1 Å². The van der Waals surface area contributed by atoms with Gasteiger partial charge in [0.05, 0.1) is 12.8 Å². The molecule has 0 aliphatic carbocycles. The van der Waals surface area contributed by atoms with Crippen molar-refractivity contribution < 1.29 is 26.7 Å². The van der Waals surface area contributed by atoms with Crippen molar-refractivity contribution in [2.75, 3.05) is 17.1 Å². The summed E-state index contributed by atoms with van der Waals surface area (Å²) in [6.45, 7) is 2.07. The summed E-state index contributed by atoms with van der Waals surface area (Å²) in [7, 11) is -2.76. The van der Waals surface area contributed by atoms with Crippen LogP contribution in [0.25, 0.3) is 0 Å². The van der Waals surface area contributed by atoms with Crippen molar-refractivity contribution in [3.63, 3.8) is 0 Å². The van der Waals surface area contributed by atoms with E-state index < -0.39 is 22.5 Å². The van der Waals surface area contributed by atoms with Gasteiger partial charge in [-0.25, -0.2) is 13.1 Å². The second kappa shape index (κ2) is 8.95. The first-order valence-corrected chi connectivity index (χ1v) is 10.9. The lowest BCUT2D eigenvalue weighted by Gasteiger charge is -2.16. The standard InChI is InChI=1S/C21H22F2N4O4S/c1-12-6-5-7-13(2)19(12)26-32(29,30)18-11-15(8-9-17(18)31-4)24-20(28)16-10-14(3)27(25-16)21(22)23/h5-11,21,26H,1-4H3,(H,24,28). The summed E-state index contributed by atoms with van der Waals surface area (Å²) in [5.74, 6) is -0.691. The lowest BCUT2D eigenvalue weighted by Crippen LogP contribution is -2.17. The van der Waals surface area contributed by atoms with E-state index in [0.29, 0.717) is 10.4 Å². The first kappa shape index (κ1) is 23.2. The van der Waals surface area contributed by atoms with Gasteiger partial charge in [0.1, 0.15) is 10.6 Å². The second-order valence-electron chi connectivity index (χ2n) is 7.09. The van der Waals surface area contributed by atoms with Gasteiger partial charge in [0, 0.05) is 11.4 Å². The summed E-state index contributed by atoms with van der Waals surface area (Å²) < 4.78 is 60.2. The number of ether oxygens (including phenoxy) is 1. The summed E-state index contributed by atoms with van der Waals surface area (Å²) in [5, 5.41) is 6.07. The van der Waals surface area contributed by atoms with Crippen LogP contribution in [0.15, 0.2) is 47.4 Å². The minimum absolute atomic E-state index is 0.0690. The molecular formula is C21H22F2N4O4S. The number of amides is 1. The quantitative estimate of drug-likeness (QED) is 0.544. The number of methoxy groups -OCH3 is 1. The van der Waals surface area contributed by atoms with Crippen LogP contribution >= 0.6 is 0 Å². The number of anilines is 2. The predicted molar refractivity (Wildman–Crippen MR) is 116 cm³/mol. The van der Waals surface area contributed by atoms with E-state index in [1.54, 1.807) is 26.0 Å². The minimum Gasteiger partial charge on any atom is -0.495 e. The number of hydrogen-bond donors (Lipinski definition) is 2. The SMILES string of the molecule is COc1ccc(NC(=O)c2cc(C)n(C(F)F)n2)cc1S(=O)(=O)Nc1c(C)cccc1C. The van der Waals surface area contributed by atoms with Crippen LogP contribution in [0.1, 0.15) is 33.9 Å². The van der Waals surface area contributed by atoms with Gasteiger partial charge >= 0.3 is 6.55 Å². The van der Waals surface area contributed by atoms with E-state index in [0.717, 1.165) is 11.1 Å². The van der Waals surface area contributed by atoms with Crippen LogP contribution in [0, 0.1) is 20.8 Å². The van der Waals surface area contributed by atoms with Crippen LogP contribution < -0.4 is 14.8 Å². The third-order valence-electron chi connectivity index (χ3n) is 4.77. The van der Waals surface area contributed by atoms with Crippen LogP contribution in [-0.4, -0.2) is 31.2 Å². The molecule has 0 spiro atoms. The zero-order valence-electron chi connectivity index (χ0n) is 17.8. The summed E-state index contributed by atoms with van der Waals surface area (Å²) in [6.07, 6.45) is 0. The smallest absolute Gasteiger partial charge is 0.333 e. The van der Waals surface area contributed by atoms with Gasteiger partial charge in [0.25, 0.3) is 15.9 Å². The topological polar surface area (TPSA) is 102 Å². The van der Waals surface area contributed by atoms with Crippen molar-refractivity contribution in [1.29, 1.82) is 0 Å². The van der Waals surface area contributed by atoms with E-state index in [9.17, 15) is 22.0 Å². The highest BCUT2D eigenvalue weighted by molar-refractivity contribution is 7.92. The van der Waals surface area contributed by atoms with E-state index in [4.69, 9.17) is 4.74 Å². The number of carbonyl (C=O) groups is 1. The highest BCUT2D eigenvalue weighted by atomic mass is 32.2. The number of nitrogens with zero attached hydrogens (tertiary/aromatic N) is 2. The molecule has 11 heteroatoms. The Balaban J connectivity index is 1.93. The van der Waals surface area contributed by atoms with Gasteiger partial charge in [-0.15, -0.1) is 0 Å². The molecule has 0 fully saturated rings. The lowest BCUT2D eigenvalue weighted by atomic mass is 10.1. The first-order chi connectivity index (χ1) is 15.0. The number of para-hydroxylation sites is 1. The Morgan fingerprint density at radius 3 is 2.31 bits per heavy atom. The normalized spacial score (nSPS) is 11.5. The molecule has 2 aromatic carbocycles. The Morgan fingerprint density at radius 2 is 1.75 bits per heavy atom. The van der Waals surface area contributed by atoms with Crippen molar-refractivity contribution >= 4 is 27.3 Å². The minimum atomic E-state index is -4.08. The number of sulfonamides is 1. The van der Waals surface area contributed by atoms with Gasteiger partial charge in [0.2, 0.25) is 0 Å². The van der Waals surface area contributed by atoms with Gasteiger partial charge in [-0.05, 0) is 56.2 Å². The summed E-state index contributed by atoms with van der Waals surface area (Å²) in [5.41, 5.74) is 1.93. The largest absolute Gasteiger partial charge is 0.495 e. The number of hydrogen-bond acceptors (Lipinski definition) is 5. The Bertz CT molecular complexity index is 1250. The molecule has 32 heavy (non-hydrogen) atoms. The van der Waals surface area contributed by atoms with Crippen molar-refractivity contribution in [3.8, 4) is 5.75 Å². The van der Waals surface area contributed by atoms with Gasteiger partial charge in [-0.1, -0.05) is 18.2 Å². The predicted octanol–water partition coefficient (Wildman–Crippen LogP) is 4.27. The molecule has 0 atom stereocenters. The molecule has 8 nitrogen and oxygen atoms in total. The fourth-order valence-corrected chi connectivity index (χ4v) is 4.52. The average molecular weight is 464 g/mol. The molecule has 170 valence electrons. The van der Waals surface area contributed by atoms with Crippen LogP contribution in [-0.2, 0) is 10.0 Å². The van der Waals surface area contributed by atoms with E-state index in [1.807, 2.05) is 6.07 Å². The zero-order valence-corrected chi connectivity index (χ0v) is 18.6. The molecule has 3 aromatic rings. The average Bonchev–Trinajstić information content (AvgIpc) is 3.13. The van der Waals surface area contributed by atoms with Gasteiger partial charge < -0.3 is 10.1 Å². The molecule has 1 amide bonds. The summed E-state index contributed by atoms with van der Waals surface area (Å²) in [6, 6.07) is 10.6. The fraction of sp³-hybridized carbons (Fsp3) is 0.238. The van der Waals surface area contributed by atoms with Gasteiger partial charge in [-0.3, -0.25) is 9.52 Å². The fourth-order valence-electron chi connectivity index (χ4n) is 3.12. The third-order valence-corrected chi connectivity index (χ3v) is 6.14. The number of carbonyl (C=O) groups excluding carboxylic acids is 1. The number of aromatic nitrogens is 2.